The molecule has 0 aromatic heterocycles. The second kappa shape index (κ2) is 3.39. The number of piperidine rings is 1. The van der Waals surface area contributed by atoms with E-state index in [0.717, 1.165) is 12.0 Å². The lowest BCUT2D eigenvalue weighted by Crippen LogP contribution is -2.45. The zero-order chi connectivity index (χ0) is 9.38. The summed E-state index contributed by atoms with van der Waals surface area (Å²) in [4.78, 5) is 0. The molecule has 3 rings (SSSR count). The number of fused-ring (bicyclic) bond motifs is 2. The first-order valence-corrected chi connectivity index (χ1v) is 5.73. The van der Waals surface area contributed by atoms with Gasteiger partial charge in [0.05, 0.1) is 0 Å². The van der Waals surface area contributed by atoms with E-state index in [9.17, 15) is 0 Å². The fourth-order valence-corrected chi connectivity index (χ4v) is 2.98. The van der Waals surface area contributed by atoms with Gasteiger partial charge < -0.3 is 5.32 Å². The highest BCUT2D eigenvalue weighted by atomic mass is 14.9. The monoisotopic (exact) mass is 187 g/mol. The van der Waals surface area contributed by atoms with Gasteiger partial charge in [-0.05, 0) is 49.3 Å². The molecule has 2 atom stereocenters. The van der Waals surface area contributed by atoms with Crippen LogP contribution in [0.3, 0.4) is 0 Å². The van der Waals surface area contributed by atoms with Gasteiger partial charge in [0.1, 0.15) is 0 Å². The van der Waals surface area contributed by atoms with Crippen LogP contribution in [0.25, 0.3) is 0 Å². The molecule has 1 saturated heterocycles. The number of hydrogen-bond donors (Lipinski definition) is 1. The van der Waals surface area contributed by atoms with Crippen molar-refractivity contribution in [1.82, 2.24) is 5.32 Å². The van der Waals surface area contributed by atoms with E-state index in [1.807, 2.05) is 0 Å². The Balaban J connectivity index is 1.91. The summed E-state index contributed by atoms with van der Waals surface area (Å²) in [5, 5.41) is 3.66. The van der Waals surface area contributed by atoms with Crippen LogP contribution >= 0.6 is 0 Å². The van der Waals surface area contributed by atoms with E-state index in [4.69, 9.17) is 0 Å². The van der Waals surface area contributed by atoms with E-state index < -0.39 is 0 Å². The maximum Gasteiger partial charge on any atom is 0.0139 e. The predicted molar refractivity (Wildman–Crippen MR) is 58.4 cm³/mol. The third kappa shape index (κ3) is 1.36. The second-order valence-electron chi connectivity index (χ2n) is 4.64. The van der Waals surface area contributed by atoms with Crippen molar-refractivity contribution in [2.45, 2.75) is 31.7 Å². The van der Waals surface area contributed by atoms with Crippen LogP contribution in [0.15, 0.2) is 24.3 Å². The fraction of sp³-hybridized carbons (Fsp3) is 0.538. The van der Waals surface area contributed by atoms with E-state index in [1.54, 1.807) is 11.1 Å². The summed E-state index contributed by atoms with van der Waals surface area (Å²) < 4.78 is 0. The van der Waals surface area contributed by atoms with Gasteiger partial charge >= 0.3 is 0 Å². The zero-order valence-electron chi connectivity index (χ0n) is 8.50. The van der Waals surface area contributed by atoms with Gasteiger partial charge in [-0.2, -0.15) is 0 Å². The summed E-state index contributed by atoms with van der Waals surface area (Å²) >= 11 is 0. The molecule has 1 fully saturated rings. The number of hydrogen-bond acceptors (Lipinski definition) is 1. The highest BCUT2D eigenvalue weighted by Crippen LogP contribution is 2.30. The second-order valence-corrected chi connectivity index (χ2v) is 4.64. The van der Waals surface area contributed by atoms with Gasteiger partial charge in [0, 0.05) is 6.04 Å². The van der Waals surface area contributed by atoms with Gasteiger partial charge in [0.25, 0.3) is 0 Å². The quantitative estimate of drug-likeness (QED) is 0.656. The van der Waals surface area contributed by atoms with Crippen LogP contribution < -0.4 is 5.32 Å². The first-order chi connectivity index (χ1) is 6.93. The summed E-state index contributed by atoms with van der Waals surface area (Å²) in [5.41, 5.74) is 3.17. The van der Waals surface area contributed by atoms with Crippen LogP contribution in [0.1, 0.15) is 24.0 Å². The molecule has 0 unspecified atom stereocenters. The SMILES string of the molecule is c1ccc2c(c1)C[C@@H]1CCCN[C@H]1C2. The van der Waals surface area contributed by atoms with E-state index in [2.05, 4.69) is 29.6 Å². The van der Waals surface area contributed by atoms with Gasteiger partial charge in [-0.15, -0.1) is 0 Å². The topological polar surface area (TPSA) is 12.0 Å². The van der Waals surface area contributed by atoms with Gasteiger partial charge in [0.2, 0.25) is 0 Å². The molecule has 0 amide bonds. The molecule has 1 aliphatic carbocycles. The molecule has 0 saturated carbocycles. The summed E-state index contributed by atoms with van der Waals surface area (Å²) in [6, 6.07) is 9.71. The molecular formula is C13H17N. The normalized spacial score (nSPS) is 30.6. The van der Waals surface area contributed by atoms with Gasteiger partial charge in [-0.1, -0.05) is 24.3 Å². The third-order valence-corrected chi connectivity index (χ3v) is 3.77. The van der Waals surface area contributed by atoms with Crippen LogP contribution in [0.4, 0.5) is 0 Å². The van der Waals surface area contributed by atoms with E-state index in [1.165, 1.54) is 32.2 Å². The fourth-order valence-electron chi connectivity index (χ4n) is 2.98. The summed E-state index contributed by atoms with van der Waals surface area (Å²) in [6.07, 6.45) is 5.34. The Kier molecular flexibility index (Phi) is 2.06. The summed E-state index contributed by atoms with van der Waals surface area (Å²) in [6.45, 7) is 1.23. The molecule has 14 heavy (non-hydrogen) atoms. The Bertz CT molecular complexity index is 299. The van der Waals surface area contributed by atoms with Gasteiger partial charge in [-0.3, -0.25) is 0 Å². The molecule has 1 heterocycles. The van der Waals surface area contributed by atoms with Crippen LogP contribution in [-0.4, -0.2) is 12.6 Å². The van der Waals surface area contributed by atoms with Crippen molar-refractivity contribution < 1.29 is 0 Å². The standard InChI is InChI=1S/C13H17N/c1-2-5-11-9-13-12(6-3-7-14-13)8-10(11)4-1/h1-2,4-5,12-14H,3,6-9H2/t12-,13-/m0/s1. The van der Waals surface area contributed by atoms with Crippen LogP contribution in [0.5, 0.6) is 0 Å². The Hall–Kier alpha value is -0.820. The molecule has 1 heteroatoms. The van der Waals surface area contributed by atoms with Crippen molar-refractivity contribution in [3.8, 4) is 0 Å². The Morgan fingerprint density at radius 1 is 1.07 bits per heavy atom. The predicted octanol–water partition coefficient (Wildman–Crippen LogP) is 2.15. The lowest BCUT2D eigenvalue weighted by molar-refractivity contribution is 0.263. The van der Waals surface area contributed by atoms with E-state index in [-0.39, 0.29) is 0 Å². The van der Waals surface area contributed by atoms with E-state index >= 15 is 0 Å². The average Bonchev–Trinajstić information content (AvgIpc) is 2.26. The van der Waals surface area contributed by atoms with Crippen LogP contribution in [0.2, 0.25) is 0 Å². The van der Waals surface area contributed by atoms with Crippen LogP contribution in [0, 0.1) is 5.92 Å². The smallest absolute Gasteiger partial charge is 0.0139 e. The Morgan fingerprint density at radius 3 is 2.71 bits per heavy atom. The van der Waals surface area contributed by atoms with Crippen molar-refractivity contribution in [2.75, 3.05) is 6.54 Å². The van der Waals surface area contributed by atoms with E-state index in [0.29, 0.717) is 0 Å². The van der Waals surface area contributed by atoms with Crippen molar-refractivity contribution in [1.29, 1.82) is 0 Å². The average molecular weight is 187 g/mol. The largest absolute Gasteiger partial charge is 0.313 e. The molecule has 1 nitrogen and oxygen atoms in total. The molecule has 1 aliphatic heterocycles. The number of nitrogens with one attached hydrogen (secondary N) is 1. The number of benzene rings is 1. The molecule has 0 bridgehead atoms. The summed E-state index contributed by atoms with van der Waals surface area (Å²) in [7, 11) is 0. The van der Waals surface area contributed by atoms with Crippen molar-refractivity contribution in [3.63, 3.8) is 0 Å². The molecule has 0 radical (unpaired) electrons. The molecule has 74 valence electrons. The lowest BCUT2D eigenvalue weighted by atomic mass is 9.76. The Labute approximate surface area is 85.5 Å². The highest BCUT2D eigenvalue weighted by Gasteiger charge is 2.29. The maximum atomic E-state index is 3.66. The lowest BCUT2D eigenvalue weighted by Gasteiger charge is -2.37. The summed E-state index contributed by atoms with van der Waals surface area (Å²) in [5.74, 6) is 0.902. The number of rotatable bonds is 0. The van der Waals surface area contributed by atoms with Gasteiger partial charge in [-0.25, -0.2) is 0 Å². The van der Waals surface area contributed by atoms with Crippen LogP contribution in [-0.2, 0) is 12.8 Å². The molecule has 1 aromatic rings. The first-order valence-electron chi connectivity index (χ1n) is 5.73. The minimum atomic E-state index is 0.763. The zero-order valence-corrected chi connectivity index (χ0v) is 8.50. The van der Waals surface area contributed by atoms with Crippen molar-refractivity contribution >= 4 is 0 Å². The molecular weight excluding hydrogens is 170 g/mol. The maximum absolute atomic E-state index is 3.66. The molecule has 2 aliphatic rings. The Morgan fingerprint density at radius 2 is 1.86 bits per heavy atom. The van der Waals surface area contributed by atoms with Gasteiger partial charge in [0.15, 0.2) is 0 Å². The minimum absolute atomic E-state index is 0.763. The first kappa shape index (κ1) is 8.49. The molecule has 1 N–H and O–H groups in total. The van der Waals surface area contributed by atoms with Crippen molar-refractivity contribution in [3.05, 3.63) is 35.4 Å². The minimum Gasteiger partial charge on any atom is -0.313 e. The highest BCUT2D eigenvalue weighted by molar-refractivity contribution is 5.31. The molecule has 1 aromatic carbocycles. The van der Waals surface area contributed by atoms with Crippen molar-refractivity contribution in [2.24, 2.45) is 5.92 Å². The molecule has 0 spiro atoms. The third-order valence-electron chi connectivity index (χ3n) is 3.77.